The van der Waals surface area contributed by atoms with Crippen LogP contribution in [0.15, 0.2) is 0 Å². The first kappa shape index (κ1) is 11.6. The van der Waals surface area contributed by atoms with E-state index in [1.54, 1.807) is 0 Å². The molecule has 0 saturated carbocycles. The average Bonchev–Trinajstić information content (AvgIpc) is 2.00. The fourth-order valence-corrected chi connectivity index (χ4v) is 0.815. The van der Waals surface area contributed by atoms with Crippen molar-refractivity contribution in [3.05, 3.63) is 0 Å². The van der Waals surface area contributed by atoms with E-state index in [1.807, 2.05) is 26.0 Å². The summed E-state index contributed by atoms with van der Waals surface area (Å²) in [4.78, 5) is 15.0. The molecule has 0 unspecified atom stereocenters. The Labute approximate surface area is 74.3 Å². The number of hydrogen-bond donors (Lipinski definition) is 1. The Morgan fingerprint density at radius 3 is 2.25 bits per heavy atom. The Balaban J connectivity index is 3.45. The van der Waals surface area contributed by atoms with Crippen LogP contribution in [0, 0.1) is 0 Å². The number of nitrogens with zero attached hydrogens (tertiary/aromatic N) is 2. The van der Waals surface area contributed by atoms with Crippen molar-refractivity contribution in [1.82, 2.24) is 9.80 Å². The highest BCUT2D eigenvalue weighted by Crippen LogP contribution is 1.84. The van der Waals surface area contributed by atoms with E-state index >= 15 is 0 Å². The molecule has 0 radical (unpaired) electrons. The van der Waals surface area contributed by atoms with Gasteiger partial charge in [-0.05, 0) is 21.1 Å². The predicted octanol–water partition coefficient (Wildman–Crippen LogP) is -0.992. The SMILES string of the molecule is CN(C)CCN(C)CC(=O)CN. The van der Waals surface area contributed by atoms with Gasteiger partial charge in [0.2, 0.25) is 0 Å². The molecule has 0 fully saturated rings. The van der Waals surface area contributed by atoms with Gasteiger partial charge in [0.25, 0.3) is 0 Å². The van der Waals surface area contributed by atoms with Gasteiger partial charge in [0, 0.05) is 13.1 Å². The van der Waals surface area contributed by atoms with Crippen molar-refractivity contribution in [3.8, 4) is 0 Å². The van der Waals surface area contributed by atoms with Gasteiger partial charge in [0.15, 0.2) is 5.78 Å². The predicted molar refractivity (Wildman–Crippen MR) is 50.1 cm³/mol. The van der Waals surface area contributed by atoms with Gasteiger partial charge < -0.3 is 10.6 Å². The maximum atomic E-state index is 10.9. The summed E-state index contributed by atoms with van der Waals surface area (Å²) in [5.41, 5.74) is 5.19. The maximum absolute atomic E-state index is 10.9. The number of nitrogens with two attached hydrogens (primary N) is 1. The van der Waals surface area contributed by atoms with Gasteiger partial charge in [-0.3, -0.25) is 9.69 Å². The highest BCUT2D eigenvalue weighted by atomic mass is 16.1. The molecule has 0 amide bonds. The van der Waals surface area contributed by atoms with Crippen LogP contribution in [-0.2, 0) is 4.79 Å². The lowest BCUT2D eigenvalue weighted by atomic mass is 10.3. The molecular formula is C8H19N3O. The van der Waals surface area contributed by atoms with Crippen LogP contribution in [0.5, 0.6) is 0 Å². The minimum Gasteiger partial charge on any atom is -0.324 e. The number of carbonyl (C=O) groups excluding carboxylic acids is 1. The first-order chi connectivity index (χ1) is 5.56. The van der Waals surface area contributed by atoms with Crippen molar-refractivity contribution in [3.63, 3.8) is 0 Å². The zero-order valence-electron chi connectivity index (χ0n) is 8.21. The number of carbonyl (C=O) groups is 1. The molecule has 12 heavy (non-hydrogen) atoms. The summed E-state index contributed by atoms with van der Waals surface area (Å²) in [7, 11) is 5.95. The first-order valence-corrected chi connectivity index (χ1v) is 4.11. The minimum absolute atomic E-state index is 0.0938. The molecule has 2 N–H and O–H groups in total. The van der Waals surface area contributed by atoms with Crippen molar-refractivity contribution in [2.24, 2.45) is 5.73 Å². The lowest BCUT2D eigenvalue weighted by Gasteiger charge is -2.17. The van der Waals surface area contributed by atoms with Gasteiger partial charge in [0.05, 0.1) is 13.1 Å². The van der Waals surface area contributed by atoms with Gasteiger partial charge in [0.1, 0.15) is 0 Å². The highest BCUT2D eigenvalue weighted by molar-refractivity contribution is 5.82. The molecule has 0 aliphatic carbocycles. The molecule has 0 saturated heterocycles. The smallest absolute Gasteiger partial charge is 0.160 e. The molecule has 0 aromatic carbocycles. The molecule has 0 rings (SSSR count). The molecule has 0 spiro atoms. The topological polar surface area (TPSA) is 49.6 Å². The van der Waals surface area contributed by atoms with E-state index in [-0.39, 0.29) is 12.3 Å². The molecule has 0 aromatic rings. The third kappa shape index (κ3) is 6.27. The van der Waals surface area contributed by atoms with Crippen molar-refractivity contribution < 1.29 is 4.79 Å². The van der Waals surface area contributed by atoms with Crippen LogP contribution in [0.3, 0.4) is 0 Å². The second-order valence-electron chi connectivity index (χ2n) is 3.28. The number of ketones is 1. The molecule has 4 heteroatoms. The van der Waals surface area contributed by atoms with Crippen LogP contribution in [0.1, 0.15) is 0 Å². The molecule has 72 valence electrons. The summed E-state index contributed by atoms with van der Waals surface area (Å²) in [6.07, 6.45) is 0. The Kier molecular flexibility index (Phi) is 5.88. The van der Waals surface area contributed by atoms with Crippen LogP contribution < -0.4 is 5.73 Å². The zero-order chi connectivity index (χ0) is 9.56. The van der Waals surface area contributed by atoms with Gasteiger partial charge >= 0.3 is 0 Å². The second kappa shape index (κ2) is 6.11. The zero-order valence-corrected chi connectivity index (χ0v) is 8.21. The average molecular weight is 173 g/mol. The van der Waals surface area contributed by atoms with E-state index in [2.05, 4.69) is 4.90 Å². The van der Waals surface area contributed by atoms with Crippen LogP contribution in [0.25, 0.3) is 0 Å². The maximum Gasteiger partial charge on any atom is 0.160 e. The van der Waals surface area contributed by atoms with E-state index in [9.17, 15) is 4.79 Å². The van der Waals surface area contributed by atoms with E-state index in [4.69, 9.17) is 5.73 Å². The summed E-state index contributed by atoms with van der Waals surface area (Å²) in [6, 6.07) is 0. The second-order valence-corrected chi connectivity index (χ2v) is 3.28. The summed E-state index contributed by atoms with van der Waals surface area (Å²) in [5.74, 6) is 0.0938. The van der Waals surface area contributed by atoms with Gasteiger partial charge in [-0.1, -0.05) is 0 Å². The molecule has 0 atom stereocenters. The summed E-state index contributed by atoms with van der Waals surface area (Å²) in [5, 5.41) is 0. The lowest BCUT2D eigenvalue weighted by molar-refractivity contribution is -0.118. The van der Waals surface area contributed by atoms with Gasteiger partial charge in [-0.15, -0.1) is 0 Å². The molecule has 0 aliphatic heterocycles. The van der Waals surface area contributed by atoms with Crippen LogP contribution in [0.4, 0.5) is 0 Å². The summed E-state index contributed by atoms with van der Waals surface area (Å²) >= 11 is 0. The summed E-state index contributed by atoms with van der Waals surface area (Å²) in [6.45, 7) is 2.48. The molecule has 0 heterocycles. The number of rotatable bonds is 6. The third-order valence-corrected chi connectivity index (χ3v) is 1.60. The number of Topliss-reactive ketones (excluding diaryl/α,β-unsaturated/α-hetero) is 1. The fourth-order valence-electron chi connectivity index (χ4n) is 0.815. The van der Waals surface area contributed by atoms with Crippen molar-refractivity contribution >= 4 is 5.78 Å². The number of hydrogen-bond acceptors (Lipinski definition) is 4. The number of likely N-dealkylation sites (N-methyl/N-ethyl adjacent to an activating group) is 2. The molecule has 4 nitrogen and oxygen atoms in total. The Morgan fingerprint density at radius 1 is 1.25 bits per heavy atom. The van der Waals surface area contributed by atoms with E-state index < -0.39 is 0 Å². The Bertz CT molecular complexity index is 136. The molecule has 0 bridgehead atoms. The van der Waals surface area contributed by atoms with Crippen LogP contribution >= 0.6 is 0 Å². The Morgan fingerprint density at radius 2 is 1.83 bits per heavy atom. The fraction of sp³-hybridized carbons (Fsp3) is 0.875. The minimum atomic E-state index is 0.0938. The van der Waals surface area contributed by atoms with Crippen molar-refractivity contribution in [1.29, 1.82) is 0 Å². The lowest BCUT2D eigenvalue weighted by Crippen LogP contribution is -2.34. The van der Waals surface area contributed by atoms with Crippen molar-refractivity contribution in [2.45, 2.75) is 0 Å². The van der Waals surface area contributed by atoms with Crippen LogP contribution in [0.2, 0.25) is 0 Å². The van der Waals surface area contributed by atoms with Crippen molar-refractivity contribution in [2.75, 3.05) is 47.3 Å². The highest BCUT2D eigenvalue weighted by Gasteiger charge is 2.03. The molecular weight excluding hydrogens is 154 g/mol. The molecule has 0 aliphatic rings. The Hall–Kier alpha value is -0.450. The standard InChI is InChI=1S/C8H19N3O/c1-10(2)4-5-11(3)7-8(12)6-9/h4-7,9H2,1-3H3. The van der Waals surface area contributed by atoms with E-state index in [1.165, 1.54) is 0 Å². The largest absolute Gasteiger partial charge is 0.324 e. The van der Waals surface area contributed by atoms with Gasteiger partial charge in [-0.25, -0.2) is 0 Å². The van der Waals surface area contributed by atoms with Gasteiger partial charge in [-0.2, -0.15) is 0 Å². The quantitative estimate of drug-likeness (QED) is 0.560. The third-order valence-electron chi connectivity index (χ3n) is 1.60. The summed E-state index contributed by atoms with van der Waals surface area (Å²) < 4.78 is 0. The monoisotopic (exact) mass is 173 g/mol. The van der Waals surface area contributed by atoms with E-state index in [0.29, 0.717) is 6.54 Å². The molecule has 0 aromatic heterocycles. The first-order valence-electron chi connectivity index (χ1n) is 4.11. The normalized spacial score (nSPS) is 11.2. The van der Waals surface area contributed by atoms with Crippen LogP contribution in [-0.4, -0.2) is 62.9 Å². The van der Waals surface area contributed by atoms with E-state index in [0.717, 1.165) is 13.1 Å².